The molecule has 0 heterocycles. The van der Waals surface area contributed by atoms with Crippen LogP contribution in [0.25, 0.3) is 0 Å². The molecule has 0 aliphatic heterocycles. The molecule has 0 amide bonds. The van der Waals surface area contributed by atoms with E-state index in [1.54, 1.807) is 0 Å². The van der Waals surface area contributed by atoms with Gasteiger partial charge in [0.2, 0.25) is 0 Å². The second-order valence-corrected chi connectivity index (χ2v) is 1.58. The van der Waals surface area contributed by atoms with Gasteiger partial charge < -0.3 is 11.9 Å². The van der Waals surface area contributed by atoms with Gasteiger partial charge in [-0.2, -0.15) is 19.9 Å². The predicted molar refractivity (Wildman–Crippen MR) is 40.8 cm³/mol. The van der Waals surface area contributed by atoms with Gasteiger partial charge in [0.1, 0.15) is 0 Å². The molecule has 1 nitrogen and oxygen atoms in total. The van der Waals surface area contributed by atoms with Gasteiger partial charge in [0.05, 0.1) is 0 Å². The summed E-state index contributed by atoms with van der Waals surface area (Å²) in [6.45, 7) is 4.00. The molecule has 1 radical (unpaired) electrons. The van der Waals surface area contributed by atoms with Gasteiger partial charge in [0.25, 0.3) is 0 Å². The molecule has 0 aromatic carbocycles. The van der Waals surface area contributed by atoms with Crippen LogP contribution in [0.2, 0.25) is 0 Å². The summed E-state index contributed by atoms with van der Waals surface area (Å²) in [6.07, 6.45) is 12.0. The van der Waals surface area contributed by atoms with Crippen LogP contribution in [0.1, 0.15) is 20.3 Å². The molecule has 2 heteroatoms. The molecular weight excluding hydrogens is 167 g/mol. The van der Waals surface area contributed by atoms with Crippen LogP contribution in [0.5, 0.6) is 0 Å². The first kappa shape index (κ1) is 16.5. The van der Waals surface area contributed by atoms with Gasteiger partial charge in [0.15, 0.2) is 0 Å². The summed E-state index contributed by atoms with van der Waals surface area (Å²) in [5, 5.41) is 0. The van der Waals surface area contributed by atoms with E-state index in [4.69, 9.17) is 0 Å². The minimum absolute atomic E-state index is 0. The summed E-state index contributed by atoms with van der Waals surface area (Å²) in [6, 6.07) is 0. The molecule has 0 unspecified atom stereocenters. The average molecular weight is 181 g/mol. The Morgan fingerprint density at radius 2 is 1.90 bits per heavy atom. The van der Waals surface area contributed by atoms with Crippen molar-refractivity contribution in [2.24, 2.45) is 0 Å². The Morgan fingerprint density at radius 3 is 2.00 bits per heavy atom. The Balaban J connectivity index is -0.0000000900. The molecule has 2 N–H and O–H groups in total. The van der Waals surface area contributed by atoms with Gasteiger partial charge in [-0.1, -0.05) is 0 Å². The van der Waals surface area contributed by atoms with Crippen molar-refractivity contribution < 1.29 is 22.5 Å². The Labute approximate surface area is 74.0 Å². The van der Waals surface area contributed by atoms with Gasteiger partial charge in [-0.25, -0.2) is 12.2 Å². The minimum Gasteiger partial charge on any atom is -0.412 e. The summed E-state index contributed by atoms with van der Waals surface area (Å²) in [7, 11) is 0. The summed E-state index contributed by atoms with van der Waals surface area (Å²) < 4.78 is 0. The number of rotatable bonds is 0. The molecule has 0 saturated carbocycles. The SMILES string of the molecule is C[CH-]C.O.[C-]1=CC=CC1.[Mn+2]. The van der Waals surface area contributed by atoms with Gasteiger partial charge in [-0.05, 0) is 0 Å². The van der Waals surface area contributed by atoms with Crippen molar-refractivity contribution in [2.75, 3.05) is 0 Å². The van der Waals surface area contributed by atoms with Crippen LogP contribution in [-0.2, 0) is 17.1 Å². The van der Waals surface area contributed by atoms with Crippen molar-refractivity contribution in [3.63, 3.8) is 0 Å². The summed E-state index contributed by atoms with van der Waals surface area (Å²) in [5.41, 5.74) is 0. The number of hydrogen-bond acceptors (Lipinski definition) is 0. The van der Waals surface area contributed by atoms with Gasteiger partial charge >= 0.3 is 17.1 Å². The van der Waals surface area contributed by atoms with E-state index in [9.17, 15) is 0 Å². The molecule has 0 aromatic rings. The van der Waals surface area contributed by atoms with E-state index in [1.807, 2.05) is 32.4 Å². The maximum absolute atomic E-state index is 2.99. The Kier molecular flexibility index (Phi) is 26.4. The van der Waals surface area contributed by atoms with Crippen LogP contribution >= 0.6 is 0 Å². The van der Waals surface area contributed by atoms with Crippen LogP contribution in [0, 0.1) is 12.5 Å². The maximum atomic E-state index is 2.99. The van der Waals surface area contributed by atoms with Crippen molar-refractivity contribution in [3.05, 3.63) is 30.7 Å². The van der Waals surface area contributed by atoms with Crippen LogP contribution < -0.4 is 0 Å². The second kappa shape index (κ2) is 16.0. The molecule has 0 saturated heterocycles. The molecular formula is C8H14MnO. The van der Waals surface area contributed by atoms with Crippen molar-refractivity contribution >= 4 is 0 Å². The summed E-state index contributed by atoms with van der Waals surface area (Å²) in [5.74, 6) is 0. The molecule has 1 aliphatic carbocycles. The fourth-order valence-electron chi connectivity index (χ4n) is 0.340. The van der Waals surface area contributed by atoms with Crippen molar-refractivity contribution in [2.45, 2.75) is 20.3 Å². The normalized spacial score (nSPS) is 10.6. The quantitative estimate of drug-likeness (QED) is 0.402. The third-order valence-electron chi connectivity index (χ3n) is 0.586. The zero-order valence-corrected chi connectivity index (χ0v) is 7.57. The number of allylic oxidation sites excluding steroid dienone is 4. The van der Waals surface area contributed by atoms with E-state index in [0.29, 0.717) is 0 Å². The first-order valence-corrected chi connectivity index (χ1v) is 2.87. The molecule has 1 aliphatic rings. The van der Waals surface area contributed by atoms with E-state index < -0.39 is 0 Å². The molecule has 59 valence electrons. The zero-order valence-electron chi connectivity index (χ0n) is 6.39. The third-order valence-corrected chi connectivity index (χ3v) is 0.586. The van der Waals surface area contributed by atoms with Crippen LogP contribution in [0.3, 0.4) is 0 Å². The molecule has 0 spiro atoms. The molecule has 0 atom stereocenters. The van der Waals surface area contributed by atoms with Crippen molar-refractivity contribution in [3.8, 4) is 0 Å². The van der Waals surface area contributed by atoms with Crippen LogP contribution in [0.15, 0.2) is 18.2 Å². The standard InChI is InChI=1S/C5H5.C3H7.Mn.H2O/c1-2-4-5-3-1;1-3-2;;/h1-3H,4H2;3H,1-2H3;;1H2/q2*-1;+2;. The molecule has 1 rings (SSSR count). The predicted octanol–water partition coefficient (Wildman–Crippen LogP) is 1.71. The van der Waals surface area contributed by atoms with Gasteiger partial charge in [-0.15, -0.1) is 6.42 Å². The fraction of sp³-hybridized carbons (Fsp3) is 0.375. The van der Waals surface area contributed by atoms with Crippen molar-refractivity contribution in [1.82, 2.24) is 0 Å². The van der Waals surface area contributed by atoms with E-state index in [1.165, 1.54) is 0 Å². The smallest absolute Gasteiger partial charge is 0.412 e. The van der Waals surface area contributed by atoms with E-state index in [-0.39, 0.29) is 22.5 Å². The van der Waals surface area contributed by atoms with Crippen LogP contribution in [0.4, 0.5) is 0 Å². The van der Waals surface area contributed by atoms with Crippen LogP contribution in [-0.4, -0.2) is 5.48 Å². The summed E-state index contributed by atoms with van der Waals surface area (Å²) >= 11 is 0. The summed E-state index contributed by atoms with van der Waals surface area (Å²) in [4.78, 5) is 0. The zero-order chi connectivity index (χ0) is 6.24. The van der Waals surface area contributed by atoms with E-state index in [2.05, 4.69) is 12.2 Å². The minimum atomic E-state index is 0. The van der Waals surface area contributed by atoms with Gasteiger partial charge in [-0.3, -0.25) is 6.08 Å². The largest absolute Gasteiger partial charge is 2.00 e. The Hall–Kier alpha value is -0.0405. The first-order chi connectivity index (χ1) is 3.91. The second-order valence-electron chi connectivity index (χ2n) is 1.58. The third kappa shape index (κ3) is 15.7. The number of hydrogen-bond donors (Lipinski definition) is 0. The Bertz CT molecular complexity index is 77.3. The first-order valence-electron chi connectivity index (χ1n) is 2.87. The fourth-order valence-corrected chi connectivity index (χ4v) is 0.340. The topological polar surface area (TPSA) is 31.5 Å². The monoisotopic (exact) mass is 181 g/mol. The van der Waals surface area contributed by atoms with Gasteiger partial charge in [0, 0.05) is 0 Å². The van der Waals surface area contributed by atoms with E-state index >= 15 is 0 Å². The Morgan fingerprint density at radius 1 is 1.40 bits per heavy atom. The van der Waals surface area contributed by atoms with E-state index in [0.717, 1.165) is 6.42 Å². The maximum Gasteiger partial charge on any atom is 2.00 e. The molecule has 0 fully saturated rings. The van der Waals surface area contributed by atoms with Crippen molar-refractivity contribution in [1.29, 1.82) is 0 Å². The molecule has 0 aromatic heterocycles. The molecule has 10 heavy (non-hydrogen) atoms. The average Bonchev–Trinajstić information content (AvgIpc) is 2.17. The molecule has 0 bridgehead atoms.